The topological polar surface area (TPSA) is 42.9 Å². The number of aromatic nitrogens is 2. The monoisotopic (exact) mass is 348 g/mol. The number of carbonyl (C=O) groups excluding carboxylic acids is 1. The van der Waals surface area contributed by atoms with E-state index >= 15 is 0 Å². The van der Waals surface area contributed by atoms with Gasteiger partial charge in [0.1, 0.15) is 11.6 Å². The van der Waals surface area contributed by atoms with E-state index in [4.69, 9.17) is 0 Å². The average Bonchev–Trinajstić information content (AvgIpc) is 3.07. The van der Waals surface area contributed by atoms with Crippen LogP contribution in [0.5, 0.6) is 0 Å². The van der Waals surface area contributed by atoms with E-state index in [0.29, 0.717) is 11.2 Å². The summed E-state index contributed by atoms with van der Waals surface area (Å²) in [6.07, 6.45) is 1.62. The molecule has 2 heterocycles. The van der Waals surface area contributed by atoms with Crippen LogP contribution >= 0.6 is 23.1 Å². The highest BCUT2D eigenvalue weighted by Crippen LogP contribution is 2.24. The number of nitrogens with zero attached hydrogens (tertiary/aromatic N) is 2. The lowest BCUT2D eigenvalue weighted by molar-refractivity contribution is 0.101. The molecule has 0 unspecified atom stereocenters. The van der Waals surface area contributed by atoms with Crippen molar-refractivity contribution in [3.05, 3.63) is 65.2 Å². The summed E-state index contributed by atoms with van der Waals surface area (Å²) in [6.45, 7) is 0. The van der Waals surface area contributed by atoms with Gasteiger partial charge in [0.25, 0.3) is 0 Å². The summed E-state index contributed by atoms with van der Waals surface area (Å²) in [5.74, 6) is -2.02. The van der Waals surface area contributed by atoms with Crippen LogP contribution in [0.15, 0.2) is 53.1 Å². The predicted octanol–water partition coefficient (Wildman–Crippen LogP) is 4.46. The number of halogens is 2. The van der Waals surface area contributed by atoms with Crippen LogP contribution in [0, 0.1) is 11.6 Å². The van der Waals surface area contributed by atoms with Gasteiger partial charge in [-0.05, 0) is 29.6 Å². The molecule has 2 aromatic heterocycles. The minimum Gasteiger partial charge on any atom is -0.293 e. The van der Waals surface area contributed by atoms with Gasteiger partial charge in [0.2, 0.25) is 0 Å². The van der Waals surface area contributed by atoms with Crippen molar-refractivity contribution >= 4 is 28.9 Å². The SMILES string of the molecule is O=C(CSc1nccc(-c2cccs2)n1)c1ccc(F)cc1F. The highest BCUT2D eigenvalue weighted by molar-refractivity contribution is 7.99. The summed E-state index contributed by atoms with van der Waals surface area (Å²) in [4.78, 5) is 21.5. The molecule has 0 fully saturated rings. The summed E-state index contributed by atoms with van der Waals surface area (Å²) in [6, 6.07) is 8.57. The zero-order chi connectivity index (χ0) is 16.2. The van der Waals surface area contributed by atoms with E-state index in [1.807, 2.05) is 17.5 Å². The predicted molar refractivity (Wildman–Crippen MR) is 86.8 cm³/mol. The van der Waals surface area contributed by atoms with Crippen LogP contribution in [-0.2, 0) is 0 Å². The van der Waals surface area contributed by atoms with Gasteiger partial charge in [0, 0.05) is 12.3 Å². The number of hydrogen-bond donors (Lipinski definition) is 0. The highest BCUT2D eigenvalue weighted by atomic mass is 32.2. The minimum absolute atomic E-state index is 0.0174. The Labute approximate surface area is 139 Å². The Bertz CT molecular complexity index is 838. The molecule has 1 aromatic carbocycles. The molecule has 0 atom stereocenters. The summed E-state index contributed by atoms with van der Waals surface area (Å²) in [7, 11) is 0. The third-order valence-corrected chi connectivity index (χ3v) is 4.72. The maximum atomic E-state index is 13.6. The van der Waals surface area contributed by atoms with Crippen LogP contribution < -0.4 is 0 Å². The van der Waals surface area contributed by atoms with Crippen molar-refractivity contribution in [2.24, 2.45) is 0 Å². The zero-order valence-corrected chi connectivity index (χ0v) is 13.3. The fraction of sp³-hybridized carbons (Fsp3) is 0.0625. The molecule has 3 rings (SSSR count). The molecule has 7 heteroatoms. The second-order valence-electron chi connectivity index (χ2n) is 4.54. The Kier molecular flexibility index (Phi) is 4.78. The van der Waals surface area contributed by atoms with Gasteiger partial charge in [0.15, 0.2) is 10.9 Å². The Balaban J connectivity index is 1.71. The molecular weight excluding hydrogens is 338 g/mol. The molecule has 3 aromatic rings. The number of Topliss-reactive ketones (excluding diaryl/α,β-unsaturated/α-hetero) is 1. The van der Waals surface area contributed by atoms with Gasteiger partial charge < -0.3 is 0 Å². The highest BCUT2D eigenvalue weighted by Gasteiger charge is 2.14. The van der Waals surface area contributed by atoms with Crippen molar-refractivity contribution < 1.29 is 13.6 Å². The van der Waals surface area contributed by atoms with E-state index in [-0.39, 0.29) is 11.3 Å². The van der Waals surface area contributed by atoms with Crippen molar-refractivity contribution in [1.82, 2.24) is 9.97 Å². The van der Waals surface area contributed by atoms with E-state index in [0.717, 1.165) is 34.5 Å². The second kappa shape index (κ2) is 6.97. The molecule has 3 nitrogen and oxygen atoms in total. The molecular formula is C16H10F2N2OS2. The van der Waals surface area contributed by atoms with Crippen molar-refractivity contribution in [3.8, 4) is 10.6 Å². The Morgan fingerprint density at radius 3 is 2.83 bits per heavy atom. The first-order valence-corrected chi connectivity index (χ1v) is 8.48. The van der Waals surface area contributed by atoms with Crippen molar-refractivity contribution in [2.75, 3.05) is 5.75 Å². The van der Waals surface area contributed by atoms with Gasteiger partial charge >= 0.3 is 0 Å². The van der Waals surface area contributed by atoms with Crippen LogP contribution in [0.25, 0.3) is 10.6 Å². The lowest BCUT2D eigenvalue weighted by Crippen LogP contribution is -2.06. The second-order valence-corrected chi connectivity index (χ2v) is 6.43. The van der Waals surface area contributed by atoms with Crippen LogP contribution in [0.2, 0.25) is 0 Å². The lowest BCUT2D eigenvalue weighted by Gasteiger charge is -2.03. The molecule has 0 spiro atoms. The van der Waals surface area contributed by atoms with E-state index in [1.54, 1.807) is 23.6 Å². The number of thiophene rings is 1. The van der Waals surface area contributed by atoms with Gasteiger partial charge in [-0.25, -0.2) is 18.7 Å². The van der Waals surface area contributed by atoms with Crippen molar-refractivity contribution in [3.63, 3.8) is 0 Å². The van der Waals surface area contributed by atoms with Gasteiger partial charge in [-0.15, -0.1) is 11.3 Å². The molecule has 0 saturated heterocycles. The van der Waals surface area contributed by atoms with Crippen LogP contribution in [-0.4, -0.2) is 21.5 Å². The molecule has 116 valence electrons. The maximum absolute atomic E-state index is 13.6. The molecule has 0 aliphatic heterocycles. The van der Waals surface area contributed by atoms with Crippen molar-refractivity contribution in [2.45, 2.75) is 5.16 Å². The molecule has 0 radical (unpaired) electrons. The van der Waals surface area contributed by atoms with E-state index in [2.05, 4.69) is 9.97 Å². The van der Waals surface area contributed by atoms with Crippen molar-refractivity contribution in [1.29, 1.82) is 0 Å². The molecule has 23 heavy (non-hydrogen) atoms. The van der Waals surface area contributed by atoms with Crippen LogP contribution in [0.1, 0.15) is 10.4 Å². The summed E-state index contributed by atoms with van der Waals surface area (Å²) in [5, 5.41) is 2.39. The molecule has 0 aliphatic rings. The summed E-state index contributed by atoms with van der Waals surface area (Å²) < 4.78 is 26.4. The molecule has 0 bridgehead atoms. The Morgan fingerprint density at radius 2 is 2.09 bits per heavy atom. The molecule has 0 saturated carbocycles. The molecule has 0 aliphatic carbocycles. The average molecular weight is 348 g/mol. The van der Waals surface area contributed by atoms with Gasteiger partial charge in [-0.2, -0.15) is 0 Å². The third kappa shape index (κ3) is 3.80. The fourth-order valence-electron chi connectivity index (χ4n) is 1.90. The largest absolute Gasteiger partial charge is 0.293 e. The quantitative estimate of drug-likeness (QED) is 0.388. The van der Waals surface area contributed by atoms with E-state index in [9.17, 15) is 13.6 Å². The third-order valence-electron chi connectivity index (χ3n) is 2.97. The van der Waals surface area contributed by atoms with Crippen LogP contribution in [0.4, 0.5) is 8.78 Å². The minimum atomic E-state index is -0.858. The molecule has 0 amide bonds. The van der Waals surface area contributed by atoms with Gasteiger partial charge in [-0.1, -0.05) is 17.8 Å². The number of rotatable bonds is 5. The van der Waals surface area contributed by atoms with Gasteiger partial charge in [0.05, 0.1) is 21.9 Å². The smallest absolute Gasteiger partial charge is 0.188 e. The summed E-state index contributed by atoms with van der Waals surface area (Å²) >= 11 is 2.68. The number of ketones is 1. The number of hydrogen-bond acceptors (Lipinski definition) is 5. The standard InChI is InChI=1S/C16H10F2N2OS2/c17-10-3-4-11(12(18)8-10)14(21)9-23-16-19-6-5-13(20-16)15-2-1-7-22-15/h1-8H,9H2. The van der Waals surface area contributed by atoms with E-state index in [1.165, 1.54) is 0 Å². The first-order valence-electron chi connectivity index (χ1n) is 6.61. The maximum Gasteiger partial charge on any atom is 0.188 e. The first kappa shape index (κ1) is 15.8. The lowest BCUT2D eigenvalue weighted by atomic mass is 10.1. The normalized spacial score (nSPS) is 10.7. The number of benzene rings is 1. The van der Waals surface area contributed by atoms with Gasteiger partial charge in [-0.3, -0.25) is 4.79 Å². The Morgan fingerprint density at radius 1 is 1.22 bits per heavy atom. The molecule has 0 N–H and O–H groups in total. The summed E-state index contributed by atoms with van der Waals surface area (Å²) in [5.41, 5.74) is 0.645. The fourth-order valence-corrected chi connectivity index (χ4v) is 3.30. The number of carbonyl (C=O) groups is 1. The first-order chi connectivity index (χ1) is 11.1. The number of thioether (sulfide) groups is 1. The van der Waals surface area contributed by atoms with Crippen LogP contribution in [0.3, 0.4) is 0 Å². The zero-order valence-electron chi connectivity index (χ0n) is 11.7. The Hall–Kier alpha value is -2.12. The van der Waals surface area contributed by atoms with E-state index < -0.39 is 17.4 Å².